The van der Waals surface area contributed by atoms with Crippen LogP contribution in [0.2, 0.25) is 0 Å². The summed E-state index contributed by atoms with van der Waals surface area (Å²) in [7, 11) is -18.1. The molecule has 6 aliphatic heterocycles. The van der Waals surface area contributed by atoms with Crippen LogP contribution in [0.15, 0.2) is 60.7 Å². The van der Waals surface area contributed by atoms with E-state index in [1.165, 1.54) is 0 Å². The maximum Gasteiger partial charge on any atom is 0.357 e. The van der Waals surface area contributed by atoms with E-state index in [2.05, 4.69) is 0 Å². The predicted molar refractivity (Wildman–Crippen MR) is 183 cm³/mol. The van der Waals surface area contributed by atoms with Crippen molar-refractivity contribution in [1.82, 2.24) is 0 Å². The molecule has 21 heteroatoms. The van der Waals surface area contributed by atoms with Crippen LogP contribution in [-0.4, -0.2) is 85.8 Å². The molecule has 2 aromatic rings. The maximum atomic E-state index is 13.9. The zero-order chi connectivity index (χ0) is 37.3. The highest BCUT2D eigenvalue weighted by atomic mass is 31.3. The Morgan fingerprint density at radius 3 is 1.34 bits per heavy atom. The van der Waals surface area contributed by atoms with E-state index < -0.39 is 116 Å². The van der Waals surface area contributed by atoms with Crippen molar-refractivity contribution >= 4 is 30.4 Å². The Morgan fingerprint density at radius 2 is 0.943 bits per heavy atom. The van der Waals surface area contributed by atoms with E-state index >= 15 is 0 Å². The van der Waals surface area contributed by atoms with Crippen LogP contribution in [0, 0.1) is 0 Å². The molecule has 6 unspecified atom stereocenters. The van der Waals surface area contributed by atoms with Gasteiger partial charge < -0.3 is 46.9 Å². The Hall–Kier alpha value is -1.16. The van der Waals surface area contributed by atoms with Crippen molar-refractivity contribution in [3.8, 4) is 0 Å². The van der Waals surface area contributed by atoms with Crippen LogP contribution in [0.25, 0.3) is 0 Å². The molecule has 8 rings (SSSR count). The molecule has 0 N–H and O–H groups in total. The second-order valence-corrected chi connectivity index (χ2v) is 24.0. The second kappa shape index (κ2) is 14.3. The topological polar surface area (TPSA) is 188 Å². The fourth-order valence-electron chi connectivity index (χ4n) is 7.01. The molecule has 0 spiro atoms. The van der Waals surface area contributed by atoms with Crippen LogP contribution in [0.4, 0.5) is 0 Å². The van der Waals surface area contributed by atoms with Gasteiger partial charge in [-0.3, -0.25) is 18.3 Å². The van der Waals surface area contributed by atoms with E-state index in [0.29, 0.717) is 0 Å². The van der Waals surface area contributed by atoms with Gasteiger partial charge in [0.05, 0.1) is 26.4 Å². The van der Waals surface area contributed by atoms with E-state index in [0.717, 1.165) is 11.1 Å². The zero-order valence-corrected chi connectivity index (χ0v) is 32.9. The third-order valence-corrected chi connectivity index (χ3v) is 21.6. The lowest BCUT2D eigenvalue weighted by Gasteiger charge is -2.39. The molecule has 0 radical (unpaired) electrons. The molecular formula is C32H42O17P4. The fraction of sp³-hybridized carbons (Fsp3) is 0.625. The van der Waals surface area contributed by atoms with Crippen molar-refractivity contribution in [2.75, 3.05) is 25.0 Å². The summed E-state index contributed by atoms with van der Waals surface area (Å²) in [6, 6.07) is 18.9. The molecule has 53 heavy (non-hydrogen) atoms. The summed E-state index contributed by atoms with van der Waals surface area (Å²) >= 11 is 0. The number of hydrogen-bond donors (Lipinski definition) is 0. The predicted octanol–water partition coefficient (Wildman–Crippen LogP) is 6.71. The lowest BCUT2D eigenvalue weighted by molar-refractivity contribution is -0.238. The highest BCUT2D eigenvalue weighted by molar-refractivity contribution is 7.91. The van der Waals surface area contributed by atoms with Crippen molar-refractivity contribution < 1.29 is 78.1 Å². The second-order valence-electron chi connectivity index (χ2n) is 14.4. The molecule has 6 saturated heterocycles. The molecule has 6 heterocycles. The zero-order valence-electron chi connectivity index (χ0n) is 29.4. The first kappa shape index (κ1) is 38.7. The van der Waals surface area contributed by atoms with Gasteiger partial charge in [0.1, 0.15) is 36.6 Å². The monoisotopic (exact) mass is 822 g/mol. The summed E-state index contributed by atoms with van der Waals surface area (Å²) in [6.07, 6.45) is -6.08. The highest BCUT2D eigenvalue weighted by Gasteiger charge is 2.65. The lowest BCUT2D eigenvalue weighted by Crippen LogP contribution is -2.33. The van der Waals surface area contributed by atoms with E-state index in [4.69, 9.17) is 59.9 Å². The number of rotatable bonds is 12. The first-order chi connectivity index (χ1) is 25.0. The molecular weight excluding hydrogens is 780 g/mol. The molecule has 2 bridgehead atoms. The minimum absolute atomic E-state index is 0.229. The van der Waals surface area contributed by atoms with Gasteiger partial charge in [0.25, 0.3) is 0 Å². The van der Waals surface area contributed by atoms with Gasteiger partial charge in [0.2, 0.25) is 0 Å². The maximum absolute atomic E-state index is 13.9. The fourth-order valence-corrected chi connectivity index (χ4v) is 21.5. The molecule has 0 aromatic heterocycles. The first-order valence-corrected chi connectivity index (χ1v) is 24.0. The molecule has 6 fully saturated rings. The molecule has 0 aliphatic carbocycles. The number of fused-ring (bicyclic) bond motifs is 4. The van der Waals surface area contributed by atoms with Crippen molar-refractivity contribution in [2.45, 2.75) is 102 Å². The van der Waals surface area contributed by atoms with Gasteiger partial charge in [-0.25, -0.2) is 12.9 Å². The van der Waals surface area contributed by atoms with Crippen LogP contribution < -0.4 is 0 Å². The third kappa shape index (κ3) is 8.59. The summed E-state index contributed by atoms with van der Waals surface area (Å²) < 4.78 is 131. The summed E-state index contributed by atoms with van der Waals surface area (Å²) in [6.45, 7) is 6.61. The molecule has 17 nitrogen and oxygen atoms in total. The van der Waals surface area contributed by atoms with Crippen molar-refractivity contribution in [1.29, 1.82) is 0 Å². The largest absolute Gasteiger partial charge is 0.357 e. The standard InChI is InChI=1S/C32H42O17P4/c1-31(2)43-25-23(41-29(27(25)45-31)37-15-21-11-7-5-8-12-21)17-39-50(33)19-52(35)48-51(34,20-53(36,47-50)49-52)40-18-24-26-28(46-32(3,4)44-26)30(42-24)38-16-22-13-9-6-10-14-22/h5-14,23-30H,15-20H2,1-4H3/t23-,24-,25+,26+,27?,28?,29-,30-,50?,51?,52?,53?/m1/s1. The van der Waals surface area contributed by atoms with E-state index in [9.17, 15) is 18.3 Å². The number of benzene rings is 2. The van der Waals surface area contributed by atoms with Gasteiger partial charge in [0.15, 0.2) is 36.0 Å². The van der Waals surface area contributed by atoms with Crippen LogP contribution in [0.5, 0.6) is 0 Å². The van der Waals surface area contributed by atoms with E-state index in [1.807, 2.05) is 60.7 Å². The van der Waals surface area contributed by atoms with Crippen molar-refractivity contribution in [3.05, 3.63) is 71.8 Å². The Bertz CT molecular complexity index is 1690. The van der Waals surface area contributed by atoms with Gasteiger partial charge in [-0.1, -0.05) is 60.7 Å². The summed E-state index contributed by atoms with van der Waals surface area (Å²) in [4.78, 5) is 0. The average Bonchev–Trinajstić information content (AvgIpc) is 3.76. The van der Waals surface area contributed by atoms with Gasteiger partial charge in [-0.2, -0.15) is 0 Å². The summed E-state index contributed by atoms with van der Waals surface area (Å²) in [5, 5.41) is 0. The normalized spacial score (nSPS) is 43.8. The summed E-state index contributed by atoms with van der Waals surface area (Å²) in [5.74, 6) is -3.89. The number of ether oxygens (including phenoxy) is 8. The quantitative estimate of drug-likeness (QED) is 0.205. The molecule has 0 saturated carbocycles. The minimum atomic E-state index is -4.60. The van der Waals surface area contributed by atoms with Gasteiger partial charge in [-0.05, 0) is 38.8 Å². The van der Waals surface area contributed by atoms with Crippen LogP contribution in [-0.2, 0) is 91.3 Å². The van der Waals surface area contributed by atoms with Crippen molar-refractivity contribution in [3.63, 3.8) is 0 Å². The molecule has 0 amide bonds. The Labute approximate surface area is 306 Å². The van der Waals surface area contributed by atoms with Crippen LogP contribution in [0.3, 0.4) is 0 Å². The number of hydrogen-bond acceptors (Lipinski definition) is 17. The van der Waals surface area contributed by atoms with E-state index in [1.54, 1.807) is 27.7 Å². The van der Waals surface area contributed by atoms with Crippen LogP contribution >= 0.6 is 30.4 Å². The Kier molecular flexibility index (Phi) is 10.5. The van der Waals surface area contributed by atoms with Gasteiger partial charge in [-0.15, -0.1) is 0 Å². The molecule has 6 aliphatic rings. The van der Waals surface area contributed by atoms with E-state index in [-0.39, 0.29) is 13.2 Å². The first-order valence-electron chi connectivity index (χ1n) is 17.1. The Balaban J connectivity index is 0.894. The van der Waals surface area contributed by atoms with Crippen LogP contribution in [0.1, 0.15) is 38.8 Å². The lowest BCUT2D eigenvalue weighted by atomic mass is 10.1. The smallest absolute Gasteiger partial charge is 0.345 e. The average molecular weight is 823 g/mol. The molecule has 292 valence electrons. The van der Waals surface area contributed by atoms with Gasteiger partial charge in [0, 0.05) is 0 Å². The third-order valence-electron chi connectivity index (χ3n) is 9.04. The van der Waals surface area contributed by atoms with Crippen molar-refractivity contribution in [2.24, 2.45) is 0 Å². The molecule has 2 aromatic carbocycles. The molecule has 12 atom stereocenters. The van der Waals surface area contributed by atoms with Gasteiger partial charge >= 0.3 is 30.4 Å². The minimum Gasteiger partial charge on any atom is -0.345 e. The SMILES string of the molecule is CC1(C)OC2[C@H](OCc3ccccc3)O[C@H](COP3(=O)CP4(=O)OP(=O)(OC[C@H]5O[C@@H](OCc6ccccc6)C6OC(C)(C)O[C@H]65)CP(=O)(O3)O4)[C@@H]2O1. The highest BCUT2D eigenvalue weighted by Crippen LogP contribution is 2.91. The Morgan fingerprint density at radius 1 is 0.566 bits per heavy atom. The summed E-state index contributed by atoms with van der Waals surface area (Å²) in [5.41, 5.74) is 1.82.